The third-order valence-electron chi connectivity index (χ3n) is 5.90. The molecule has 0 bridgehead atoms. The highest BCUT2D eigenvalue weighted by atomic mass is 16.5. The Kier molecular flexibility index (Phi) is 6.39. The van der Waals surface area contributed by atoms with Crippen molar-refractivity contribution in [1.82, 2.24) is 14.9 Å². The average molecular weight is 451 g/mol. The van der Waals surface area contributed by atoms with E-state index in [1.165, 1.54) is 5.56 Å². The van der Waals surface area contributed by atoms with Gasteiger partial charge in [0.1, 0.15) is 5.82 Å². The van der Waals surface area contributed by atoms with Gasteiger partial charge in [0.05, 0.1) is 19.7 Å². The summed E-state index contributed by atoms with van der Waals surface area (Å²) in [7, 11) is 3.16. The van der Waals surface area contributed by atoms with E-state index in [9.17, 15) is 4.79 Å². The van der Waals surface area contributed by atoms with Gasteiger partial charge < -0.3 is 30.3 Å². The van der Waals surface area contributed by atoms with Crippen LogP contribution >= 0.6 is 0 Å². The predicted molar refractivity (Wildman–Crippen MR) is 130 cm³/mol. The number of aromatic nitrogens is 2. The van der Waals surface area contributed by atoms with Gasteiger partial charge in [0, 0.05) is 43.3 Å². The van der Waals surface area contributed by atoms with Crippen LogP contribution in [0.25, 0.3) is 10.9 Å². The first kappa shape index (κ1) is 22.4. The van der Waals surface area contributed by atoms with Crippen LogP contribution in [-0.2, 0) is 0 Å². The lowest BCUT2D eigenvalue weighted by Crippen LogP contribution is -2.50. The number of hydrogen-bond acceptors (Lipinski definition) is 7. The monoisotopic (exact) mass is 450 g/mol. The Balaban J connectivity index is 1.43. The van der Waals surface area contributed by atoms with E-state index in [4.69, 9.17) is 15.2 Å². The second-order valence-electron chi connectivity index (χ2n) is 8.31. The summed E-state index contributed by atoms with van der Waals surface area (Å²) in [5.74, 6) is 2.53. The summed E-state index contributed by atoms with van der Waals surface area (Å²) in [4.78, 5) is 25.7. The van der Waals surface area contributed by atoms with Gasteiger partial charge in [-0.1, -0.05) is 26.0 Å². The van der Waals surface area contributed by atoms with Crippen molar-refractivity contribution in [1.29, 1.82) is 0 Å². The van der Waals surface area contributed by atoms with Gasteiger partial charge in [0.25, 0.3) is 0 Å². The molecular weight excluding hydrogens is 420 g/mol. The molecule has 33 heavy (non-hydrogen) atoms. The summed E-state index contributed by atoms with van der Waals surface area (Å²) in [5.41, 5.74) is 8.94. The van der Waals surface area contributed by atoms with E-state index in [2.05, 4.69) is 29.1 Å². The Labute approximate surface area is 193 Å². The largest absolute Gasteiger partial charge is 0.493 e. The number of methoxy groups -OCH3 is 2. The second kappa shape index (κ2) is 9.40. The van der Waals surface area contributed by atoms with Crippen LogP contribution < -0.4 is 25.4 Å². The molecule has 1 aliphatic heterocycles. The number of nitrogens with zero attached hydrogens (tertiary/aromatic N) is 4. The van der Waals surface area contributed by atoms with Crippen LogP contribution in [0.2, 0.25) is 0 Å². The molecule has 1 fully saturated rings. The predicted octanol–water partition coefficient (Wildman–Crippen LogP) is 3.71. The molecular formula is C24H30N6O3. The lowest BCUT2D eigenvalue weighted by Gasteiger charge is -2.34. The van der Waals surface area contributed by atoms with E-state index in [-0.39, 0.29) is 6.03 Å². The first-order valence-corrected chi connectivity index (χ1v) is 11.0. The number of hydrogen-bond donors (Lipinski definition) is 2. The number of ether oxygens (including phenoxy) is 2. The van der Waals surface area contributed by atoms with Crippen molar-refractivity contribution in [2.75, 3.05) is 56.3 Å². The fourth-order valence-corrected chi connectivity index (χ4v) is 3.87. The van der Waals surface area contributed by atoms with Gasteiger partial charge in [-0.3, -0.25) is 0 Å². The summed E-state index contributed by atoms with van der Waals surface area (Å²) in [6.07, 6.45) is 0. The number of nitrogens with two attached hydrogens (primary N) is 1. The van der Waals surface area contributed by atoms with E-state index in [1.807, 2.05) is 29.2 Å². The number of urea groups is 1. The topological polar surface area (TPSA) is 106 Å². The molecule has 0 spiro atoms. The highest BCUT2D eigenvalue weighted by Gasteiger charge is 2.24. The van der Waals surface area contributed by atoms with Crippen molar-refractivity contribution in [3.05, 3.63) is 42.0 Å². The molecule has 1 aliphatic rings. The molecule has 3 aromatic rings. The maximum atomic E-state index is 12.7. The highest BCUT2D eigenvalue weighted by molar-refractivity contribution is 5.92. The molecule has 174 valence electrons. The van der Waals surface area contributed by atoms with Gasteiger partial charge in [-0.15, -0.1) is 0 Å². The number of piperazine rings is 1. The average Bonchev–Trinajstić information content (AvgIpc) is 2.83. The maximum absolute atomic E-state index is 12.7. The lowest BCUT2D eigenvalue weighted by molar-refractivity contribution is 0.208. The second-order valence-corrected chi connectivity index (χ2v) is 8.31. The summed E-state index contributed by atoms with van der Waals surface area (Å²) in [5, 5.41) is 3.69. The molecule has 9 nitrogen and oxygen atoms in total. The molecule has 2 heterocycles. The first-order chi connectivity index (χ1) is 15.9. The number of benzene rings is 2. The molecule has 0 saturated carbocycles. The number of nitrogen functional groups attached to an aromatic ring is 1. The van der Waals surface area contributed by atoms with Gasteiger partial charge in [-0.25, -0.2) is 9.78 Å². The number of carbonyl (C=O) groups is 1. The fraction of sp³-hybridized carbons (Fsp3) is 0.375. The van der Waals surface area contributed by atoms with Crippen molar-refractivity contribution in [3.8, 4) is 11.5 Å². The minimum Gasteiger partial charge on any atom is -0.493 e. The van der Waals surface area contributed by atoms with Crippen molar-refractivity contribution in [2.45, 2.75) is 19.8 Å². The zero-order valence-corrected chi connectivity index (χ0v) is 19.5. The van der Waals surface area contributed by atoms with Gasteiger partial charge >= 0.3 is 6.03 Å². The van der Waals surface area contributed by atoms with Crippen LogP contribution in [0.4, 0.5) is 22.2 Å². The highest BCUT2D eigenvalue weighted by Crippen LogP contribution is 2.34. The van der Waals surface area contributed by atoms with Crippen molar-refractivity contribution >= 4 is 34.4 Å². The van der Waals surface area contributed by atoms with Gasteiger partial charge in [0.15, 0.2) is 11.5 Å². The standard InChI is InChI=1S/C24H30N6O3/c1-15(2)16-5-7-17(8-6-16)26-24(31)30-11-9-29(10-12-30)23-27-19-14-21(33-4)20(32-3)13-18(19)22(25)28-23/h5-8,13-15H,9-12H2,1-4H3,(H,26,31)(H2,25,27,28). The normalized spacial score (nSPS) is 14.0. The van der Waals surface area contributed by atoms with E-state index < -0.39 is 0 Å². The van der Waals surface area contributed by atoms with Crippen molar-refractivity contribution < 1.29 is 14.3 Å². The molecule has 0 radical (unpaired) electrons. The van der Waals surface area contributed by atoms with Crippen LogP contribution in [-0.4, -0.2) is 61.3 Å². The Morgan fingerprint density at radius 2 is 1.64 bits per heavy atom. The van der Waals surface area contributed by atoms with E-state index in [0.29, 0.717) is 66.3 Å². The minimum atomic E-state index is -0.109. The zero-order chi connectivity index (χ0) is 23.5. The molecule has 4 rings (SSSR count). The van der Waals surface area contributed by atoms with Crippen LogP contribution in [0.15, 0.2) is 36.4 Å². The van der Waals surface area contributed by atoms with E-state index in [1.54, 1.807) is 31.3 Å². The number of carbonyl (C=O) groups excluding carboxylic acids is 1. The molecule has 1 saturated heterocycles. The van der Waals surface area contributed by atoms with Gasteiger partial charge in [0.2, 0.25) is 5.95 Å². The summed E-state index contributed by atoms with van der Waals surface area (Å²) < 4.78 is 10.7. The molecule has 2 aromatic carbocycles. The number of fused-ring (bicyclic) bond motifs is 1. The molecule has 0 unspecified atom stereocenters. The molecule has 0 atom stereocenters. The SMILES string of the molecule is COc1cc2nc(N3CCN(C(=O)Nc4ccc(C(C)C)cc4)CC3)nc(N)c2cc1OC. The summed E-state index contributed by atoms with van der Waals surface area (Å²) in [6.45, 7) is 6.63. The smallest absolute Gasteiger partial charge is 0.321 e. The van der Waals surface area contributed by atoms with E-state index in [0.717, 1.165) is 5.69 Å². The third kappa shape index (κ3) is 4.72. The summed E-state index contributed by atoms with van der Waals surface area (Å²) >= 11 is 0. The maximum Gasteiger partial charge on any atom is 0.321 e. The molecule has 9 heteroatoms. The minimum absolute atomic E-state index is 0.109. The van der Waals surface area contributed by atoms with Crippen LogP contribution in [0.3, 0.4) is 0 Å². The number of amides is 2. The number of nitrogens with one attached hydrogen (secondary N) is 1. The van der Waals surface area contributed by atoms with Gasteiger partial charge in [-0.2, -0.15) is 4.98 Å². The molecule has 1 aromatic heterocycles. The van der Waals surface area contributed by atoms with Crippen molar-refractivity contribution in [3.63, 3.8) is 0 Å². The van der Waals surface area contributed by atoms with Gasteiger partial charge in [-0.05, 0) is 29.7 Å². The van der Waals surface area contributed by atoms with Crippen molar-refractivity contribution in [2.24, 2.45) is 0 Å². The van der Waals surface area contributed by atoms with Crippen LogP contribution in [0.5, 0.6) is 11.5 Å². The van der Waals surface area contributed by atoms with Crippen LogP contribution in [0, 0.1) is 0 Å². The Hall–Kier alpha value is -3.75. The Morgan fingerprint density at radius 3 is 2.24 bits per heavy atom. The van der Waals surface area contributed by atoms with Crippen LogP contribution in [0.1, 0.15) is 25.3 Å². The fourth-order valence-electron chi connectivity index (χ4n) is 3.87. The van der Waals surface area contributed by atoms with E-state index >= 15 is 0 Å². The zero-order valence-electron chi connectivity index (χ0n) is 19.5. The third-order valence-corrected chi connectivity index (χ3v) is 5.90. The number of anilines is 3. The Bertz CT molecular complexity index is 1140. The summed E-state index contributed by atoms with van der Waals surface area (Å²) in [6, 6.07) is 11.4. The lowest BCUT2D eigenvalue weighted by atomic mass is 10.0. The Morgan fingerprint density at radius 1 is 1.00 bits per heavy atom. The molecule has 3 N–H and O–H groups in total. The molecule has 0 aliphatic carbocycles. The quantitative estimate of drug-likeness (QED) is 0.610. The molecule has 2 amide bonds. The number of rotatable bonds is 5. The first-order valence-electron chi connectivity index (χ1n) is 11.0.